The molecule has 200 valence electrons. The summed E-state index contributed by atoms with van der Waals surface area (Å²) in [6.07, 6.45) is -0.879. The minimum Gasteiger partial charge on any atom is -0.466 e. The molecule has 2 amide bonds. The molecule has 0 aliphatic carbocycles. The van der Waals surface area contributed by atoms with Crippen molar-refractivity contribution in [3.63, 3.8) is 0 Å². The second kappa shape index (κ2) is 10.5. The number of cyclic esters (lactones) is 1. The number of imide groups is 1. The van der Waals surface area contributed by atoms with Crippen LogP contribution in [0, 0.1) is 0 Å². The van der Waals surface area contributed by atoms with Gasteiger partial charge < -0.3 is 19.0 Å². The molecule has 1 fully saturated rings. The fourth-order valence-corrected chi connectivity index (χ4v) is 5.00. The number of hydrogen-bond donors (Lipinski definition) is 1. The third kappa shape index (κ3) is 5.11. The third-order valence-corrected chi connectivity index (χ3v) is 7.16. The number of aliphatic hydroxyl groups is 1. The van der Waals surface area contributed by atoms with E-state index >= 15 is 0 Å². The summed E-state index contributed by atoms with van der Waals surface area (Å²) in [5.41, 5.74) is 0.777. The molecule has 3 aromatic carbocycles. The van der Waals surface area contributed by atoms with Crippen molar-refractivity contribution in [2.75, 3.05) is 0 Å². The van der Waals surface area contributed by atoms with Gasteiger partial charge in [0.2, 0.25) is 0 Å². The number of nitrogens with zero attached hydrogens (tertiary/aromatic N) is 1. The van der Waals surface area contributed by atoms with Gasteiger partial charge in [0.1, 0.15) is 23.5 Å². The van der Waals surface area contributed by atoms with Crippen molar-refractivity contribution in [3.8, 4) is 11.1 Å². The minimum absolute atomic E-state index is 0.0113. The molecule has 0 unspecified atom stereocenters. The molecular formula is C32H31NO6. The number of hydrogen-bond acceptors (Lipinski definition) is 6. The van der Waals surface area contributed by atoms with Crippen LogP contribution in [0.4, 0.5) is 4.79 Å². The summed E-state index contributed by atoms with van der Waals surface area (Å²) in [5.74, 6) is -0.579. The van der Waals surface area contributed by atoms with Crippen LogP contribution < -0.4 is 0 Å². The molecule has 0 spiro atoms. The highest BCUT2D eigenvalue weighted by Crippen LogP contribution is 2.44. The first-order chi connectivity index (χ1) is 18.7. The number of rotatable bonds is 8. The molecule has 3 atom stereocenters. The number of aliphatic hydroxyl groups excluding tert-OH is 1. The fourth-order valence-electron chi connectivity index (χ4n) is 5.00. The quantitative estimate of drug-likeness (QED) is 0.284. The first-order valence-corrected chi connectivity index (χ1v) is 12.8. The zero-order valence-electron chi connectivity index (χ0n) is 22.1. The maximum Gasteiger partial charge on any atom is 0.417 e. The minimum atomic E-state index is -1.87. The Morgan fingerprint density at radius 3 is 2.18 bits per heavy atom. The van der Waals surface area contributed by atoms with Crippen molar-refractivity contribution in [2.24, 2.45) is 0 Å². The van der Waals surface area contributed by atoms with E-state index in [-0.39, 0.29) is 12.4 Å². The van der Waals surface area contributed by atoms with Crippen LogP contribution in [0.5, 0.6) is 0 Å². The molecule has 0 radical (unpaired) electrons. The Hall–Kier alpha value is -4.20. The van der Waals surface area contributed by atoms with E-state index in [1.165, 1.54) is 13.2 Å². The summed E-state index contributed by atoms with van der Waals surface area (Å²) in [7, 11) is 0. The zero-order valence-corrected chi connectivity index (χ0v) is 22.1. The van der Waals surface area contributed by atoms with Crippen LogP contribution in [0.1, 0.15) is 49.8 Å². The van der Waals surface area contributed by atoms with Crippen molar-refractivity contribution in [1.29, 1.82) is 0 Å². The Bertz CT molecular complexity index is 1420. The normalized spacial score (nSPS) is 18.8. The van der Waals surface area contributed by atoms with Crippen LogP contribution in [0.3, 0.4) is 0 Å². The number of carbonyl (C=O) groups is 2. The van der Waals surface area contributed by atoms with Crippen LogP contribution in [0.25, 0.3) is 11.1 Å². The summed E-state index contributed by atoms with van der Waals surface area (Å²) in [6, 6.07) is 29.4. The molecule has 7 heteroatoms. The molecule has 1 saturated heterocycles. The molecule has 1 aliphatic heterocycles. The average Bonchev–Trinajstić information content (AvgIpc) is 3.57. The van der Waals surface area contributed by atoms with Crippen LogP contribution in [-0.2, 0) is 20.9 Å². The number of carbonyl (C=O) groups excluding carboxylic acids is 2. The van der Waals surface area contributed by atoms with E-state index in [0.717, 1.165) is 27.2 Å². The molecular weight excluding hydrogens is 494 g/mol. The van der Waals surface area contributed by atoms with Crippen LogP contribution >= 0.6 is 0 Å². The van der Waals surface area contributed by atoms with E-state index in [2.05, 4.69) is 0 Å². The second-order valence-electron chi connectivity index (χ2n) is 10.3. The summed E-state index contributed by atoms with van der Waals surface area (Å²) >= 11 is 0. The van der Waals surface area contributed by atoms with Gasteiger partial charge in [-0.1, -0.05) is 84.9 Å². The smallest absolute Gasteiger partial charge is 0.417 e. The molecule has 5 rings (SSSR count). The first kappa shape index (κ1) is 26.4. The van der Waals surface area contributed by atoms with Gasteiger partial charge in [-0.15, -0.1) is 0 Å². The van der Waals surface area contributed by atoms with E-state index in [4.69, 9.17) is 13.9 Å². The number of ether oxygens (including phenoxy) is 2. The van der Waals surface area contributed by atoms with E-state index in [0.29, 0.717) is 0 Å². The monoisotopic (exact) mass is 525 g/mol. The highest BCUT2D eigenvalue weighted by Gasteiger charge is 2.57. The Morgan fingerprint density at radius 2 is 1.56 bits per heavy atom. The average molecular weight is 526 g/mol. The highest BCUT2D eigenvalue weighted by molar-refractivity contribution is 5.99. The number of furan rings is 1. The zero-order chi connectivity index (χ0) is 27.6. The fraction of sp³-hybridized carbons (Fsp3) is 0.250. The third-order valence-electron chi connectivity index (χ3n) is 7.16. The molecule has 4 aromatic rings. The summed E-state index contributed by atoms with van der Waals surface area (Å²) in [5, 5.41) is 11.4. The number of benzene rings is 3. The number of amides is 2. The Balaban J connectivity index is 1.46. The van der Waals surface area contributed by atoms with Gasteiger partial charge in [0.05, 0.1) is 12.9 Å². The van der Waals surface area contributed by atoms with E-state index in [1.54, 1.807) is 26.0 Å². The van der Waals surface area contributed by atoms with Crippen LogP contribution in [0.2, 0.25) is 0 Å². The van der Waals surface area contributed by atoms with Gasteiger partial charge in [0, 0.05) is 0 Å². The standard InChI is InChI=1S/C32H31NO6/c1-31(2)27(25-13-8-5-9-14-25)33(30(36)39-31)29(35)32(3,28(34)26-15-10-20-37-26)38-21-22-16-18-24(19-17-22)23-11-6-4-7-12-23/h4-20,27-28,34H,21H2,1-3H3/t27-,28+,32-/m0/s1. The first-order valence-electron chi connectivity index (χ1n) is 12.8. The van der Waals surface area contributed by atoms with Gasteiger partial charge in [-0.3, -0.25) is 4.79 Å². The molecule has 2 heterocycles. The Kier molecular flexibility index (Phi) is 7.12. The second-order valence-corrected chi connectivity index (χ2v) is 10.3. The maximum absolute atomic E-state index is 14.2. The Labute approximate surface area is 227 Å². The lowest BCUT2D eigenvalue weighted by Crippen LogP contribution is -2.54. The highest BCUT2D eigenvalue weighted by atomic mass is 16.6. The van der Waals surface area contributed by atoms with Crippen LogP contribution in [-0.4, -0.2) is 33.2 Å². The summed E-state index contributed by atoms with van der Waals surface area (Å²) in [4.78, 5) is 28.4. The van der Waals surface area contributed by atoms with Crippen molar-refractivity contribution in [3.05, 3.63) is 120 Å². The lowest BCUT2D eigenvalue weighted by molar-refractivity contribution is -0.176. The van der Waals surface area contributed by atoms with E-state index in [9.17, 15) is 14.7 Å². The molecule has 0 saturated carbocycles. The molecule has 39 heavy (non-hydrogen) atoms. The molecule has 1 aliphatic rings. The predicted molar refractivity (Wildman–Crippen MR) is 145 cm³/mol. The summed E-state index contributed by atoms with van der Waals surface area (Å²) in [6.45, 7) is 5.00. The van der Waals surface area contributed by atoms with E-state index in [1.807, 2.05) is 84.9 Å². The SMILES string of the molecule is CC1(C)OC(=O)N(C(=O)[C@@](C)(OCc2ccc(-c3ccccc3)cc2)[C@H](O)c2ccco2)[C@H]1c1ccccc1. The largest absolute Gasteiger partial charge is 0.466 e. The lowest BCUT2D eigenvalue weighted by Gasteiger charge is -2.37. The molecule has 1 N–H and O–H groups in total. The van der Waals surface area contributed by atoms with Gasteiger partial charge in [-0.2, -0.15) is 0 Å². The molecule has 1 aromatic heterocycles. The van der Waals surface area contributed by atoms with Gasteiger partial charge in [0.15, 0.2) is 5.60 Å². The topological polar surface area (TPSA) is 89.2 Å². The predicted octanol–water partition coefficient (Wildman–Crippen LogP) is 6.45. The maximum atomic E-state index is 14.2. The Morgan fingerprint density at radius 1 is 0.949 bits per heavy atom. The van der Waals surface area contributed by atoms with Crippen molar-refractivity contribution >= 4 is 12.0 Å². The van der Waals surface area contributed by atoms with E-state index < -0.39 is 35.3 Å². The van der Waals surface area contributed by atoms with Gasteiger partial charge in [-0.05, 0) is 55.2 Å². The van der Waals surface area contributed by atoms with Crippen molar-refractivity contribution in [2.45, 2.75) is 50.7 Å². The molecule has 0 bridgehead atoms. The van der Waals surface area contributed by atoms with Crippen molar-refractivity contribution < 1.29 is 28.6 Å². The molecule has 7 nitrogen and oxygen atoms in total. The summed E-state index contributed by atoms with van der Waals surface area (Å²) < 4.78 is 17.3. The van der Waals surface area contributed by atoms with Gasteiger partial charge in [-0.25, -0.2) is 9.69 Å². The van der Waals surface area contributed by atoms with Crippen LogP contribution in [0.15, 0.2) is 108 Å². The van der Waals surface area contributed by atoms with Gasteiger partial charge >= 0.3 is 6.09 Å². The van der Waals surface area contributed by atoms with Crippen molar-refractivity contribution in [1.82, 2.24) is 4.90 Å². The lowest BCUT2D eigenvalue weighted by atomic mass is 9.88. The van der Waals surface area contributed by atoms with Gasteiger partial charge in [0.25, 0.3) is 5.91 Å².